The normalized spacial score (nSPS) is 16.1. The fourth-order valence-electron chi connectivity index (χ4n) is 1.97. The Bertz CT molecular complexity index is 452. The van der Waals surface area contributed by atoms with Crippen LogP contribution in [-0.2, 0) is 4.79 Å². The largest absolute Gasteiger partial charge is 0.494 e. The van der Waals surface area contributed by atoms with Crippen molar-refractivity contribution in [3.63, 3.8) is 0 Å². The Morgan fingerprint density at radius 2 is 2.22 bits per heavy atom. The van der Waals surface area contributed by atoms with E-state index in [0.29, 0.717) is 13.2 Å². The lowest BCUT2D eigenvalue weighted by molar-refractivity contribution is -0.142. The van der Waals surface area contributed by atoms with Gasteiger partial charge in [0.1, 0.15) is 5.75 Å². The molecule has 1 aliphatic rings. The molecule has 2 rings (SSSR count). The fourth-order valence-corrected chi connectivity index (χ4v) is 1.97. The maximum atomic E-state index is 11.1. The van der Waals surface area contributed by atoms with Gasteiger partial charge in [-0.1, -0.05) is 0 Å². The molecule has 1 aliphatic carbocycles. The number of benzene rings is 1. The standard InChI is InChI=1S/C14H19NO3/c1-3-18-12-5-4-11(8-10(12)2)15-9-14(6-7-14)13(16)17/h4-5,8,15H,3,6-7,9H2,1-2H3,(H,16,17). The molecule has 0 bridgehead atoms. The van der Waals surface area contributed by atoms with Gasteiger partial charge in [0.05, 0.1) is 12.0 Å². The molecule has 0 amide bonds. The zero-order valence-corrected chi connectivity index (χ0v) is 10.8. The topological polar surface area (TPSA) is 58.6 Å². The van der Waals surface area contributed by atoms with Crippen molar-refractivity contribution in [2.24, 2.45) is 5.41 Å². The van der Waals surface area contributed by atoms with Gasteiger partial charge in [0, 0.05) is 12.2 Å². The van der Waals surface area contributed by atoms with Gasteiger partial charge in [-0.15, -0.1) is 0 Å². The van der Waals surface area contributed by atoms with Crippen LogP contribution in [0.5, 0.6) is 5.75 Å². The summed E-state index contributed by atoms with van der Waals surface area (Å²) in [6, 6.07) is 5.83. The molecule has 0 radical (unpaired) electrons. The van der Waals surface area contributed by atoms with Gasteiger partial charge in [-0.3, -0.25) is 4.79 Å². The van der Waals surface area contributed by atoms with Gasteiger partial charge in [-0.05, 0) is 50.5 Å². The first-order valence-corrected chi connectivity index (χ1v) is 6.28. The number of ether oxygens (including phenoxy) is 1. The molecular weight excluding hydrogens is 230 g/mol. The molecular formula is C14H19NO3. The summed E-state index contributed by atoms with van der Waals surface area (Å²) in [5.41, 5.74) is 1.47. The summed E-state index contributed by atoms with van der Waals surface area (Å²) in [5.74, 6) is 0.181. The number of hydrogen-bond donors (Lipinski definition) is 2. The Morgan fingerprint density at radius 1 is 1.50 bits per heavy atom. The second kappa shape index (κ2) is 4.88. The Kier molecular flexibility index (Phi) is 3.45. The Labute approximate surface area is 107 Å². The summed E-state index contributed by atoms with van der Waals surface area (Å²) >= 11 is 0. The van der Waals surface area contributed by atoms with Gasteiger partial charge >= 0.3 is 5.97 Å². The third-order valence-electron chi connectivity index (χ3n) is 3.41. The molecule has 0 saturated heterocycles. The minimum atomic E-state index is -0.697. The second-order valence-electron chi connectivity index (χ2n) is 4.85. The molecule has 0 heterocycles. The van der Waals surface area contributed by atoms with E-state index in [1.54, 1.807) is 0 Å². The highest BCUT2D eigenvalue weighted by Crippen LogP contribution is 2.45. The highest BCUT2D eigenvalue weighted by atomic mass is 16.5. The maximum absolute atomic E-state index is 11.1. The highest BCUT2D eigenvalue weighted by Gasteiger charge is 2.49. The average Bonchev–Trinajstić information content (AvgIpc) is 3.11. The van der Waals surface area contributed by atoms with Crippen LogP contribution in [-0.4, -0.2) is 24.2 Å². The zero-order valence-electron chi connectivity index (χ0n) is 10.8. The van der Waals surface area contributed by atoms with E-state index in [9.17, 15) is 4.79 Å². The third kappa shape index (κ3) is 2.58. The van der Waals surface area contributed by atoms with Crippen molar-refractivity contribution in [2.45, 2.75) is 26.7 Å². The van der Waals surface area contributed by atoms with Gasteiger partial charge in [-0.2, -0.15) is 0 Å². The van der Waals surface area contributed by atoms with Crippen LogP contribution in [0.3, 0.4) is 0 Å². The Hall–Kier alpha value is -1.71. The van der Waals surface area contributed by atoms with E-state index in [0.717, 1.165) is 29.8 Å². The lowest BCUT2D eigenvalue weighted by atomic mass is 10.1. The second-order valence-corrected chi connectivity index (χ2v) is 4.85. The number of hydrogen-bond acceptors (Lipinski definition) is 3. The van der Waals surface area contributed by atoms with E-state index < -0.39 is 11.4 Å². The van der Waals surface area contributed by atoms with Crippen molar-refractivity contribution in [3.05, 3.63) is 23.8 Å². The van der Waals surface area contributed by atoms with Crippen LogP contribution in [0.25, 0.3) is 0 Å². The monoisotopic (exact) mass is 249 g/mol. The van der Waals surface area contributed by atoms with Crippen LogP contribution in [0.4, 0.5) is 5.69 Å². The molecule has 1 saturated carbocycles. The number of carboxylic acids is 1. The predicted molar refractivity (Wildman–Crippen MR) is 70.1 cm³/mol. The Morgan fingerprint density at radius 3 is 2.72 bits per heavy atom. The van der Waals surface area contributed by atoms with E-state index in [1.165, 1.54) is 0 Å². The van der Waals surface area contributed by atoms with Crippen LogP contribution in [0.15, 0.2) is 18.2 Å². The molecule has 1 aromatic rings. The third-order valence-corrected chi connectivity index (χ3v) is 3.41. The van der Waals surface area contributed by atoms with Crippen LogP contribution in [0.1, 0.15) is 25.3 Å². The van der Waals surface area contributed by atoms with Gasteiger partial charge in [0.2, 0.25) is 0 Å². The van der Waals surface area contributed by atoms with Crippen LogP contribution in [0.2, 0.25) is 0 Å². The maximum Gasteiger partial charge on any atom is 0.311 e. The van der Waals surface area contributed by atoms with Crippen molar-refractivity contribution in [1.29, 1.82) is 0 Å². The number of aryl methyl sites for hydroxylation is 1. The summed E-state index contributed by atoms with van der Waals surface area (Å²) in [6.45, 7) is 5.08. The number of anilines is 1. The number of carboxylic acid groups (broad SMARTS) is 1. The number of carbonyl (C=O) groups is 1. The molecule has 4 heteroatoms. The predicted octanol–water partition coefficient (Wildman–Crippen LogP) is 2.67. The summed E-state index contributed by atoms with van der Waals surface area (Å²) < 4.78 is 5.47. The molecule has 1 fully saturated rings. The lowest BCUT2D eigenvalue weighted by Gasteiger charge is -2.14. The SMILES string of the molecule is CCOc1ccc(NCC2(C(=O)O)CC2)cc1C. The van der Waals surface area contributed by atoms with E-state index >= 15 is 0 Å². The Balaban J connectivity index is 1.98. The molecule has 1 aromatic carbocycles. The summed E-state index contributed by atoms with van der Waals surface area (Å²) in [6.07, 6.45) is 1.54. The van der Waals surface area contributed by atoms with Gasteiger partial charge in [0.15, 0.2) is 0 Å². The molecule has 0 spiro atoms. The zero-order chi connectivity index (χ0) is 13.2. The van der Waals surface area contributed by atoms with Crippen molar-refractivity contribution in [1.82, 2.24) is 0 Å². The van der Waals surface area contributed by atoms with Crippen LogP contribution in [0, 0.1) is 12.3 Å². The number of nitrogens with one attached hydrogen (secondary N) is 1. The average molecular weight is 249 g/mol. The molecule has 0 aliphatic heterocycles. The van der Waals surface area contributed by atoms with Crippen molar-refractivity contribution in [2.75, 3.05) is 18.5 Å². The quantitative estimate of drug-likeness (QED) is 0.813. The summed E-state index contributed by atoms with van der Waals surface area (Å²) in [7, 11) is 0. The van der Waals surface area contributed by atoms with Gasteiger partial charge in [-0.25, -0.2) is 0 Å². The summed E-state index contributed by atoms with van der Waals surface area (Å²) in [5, 5.41) is 12.3. The van der Waals surface area contributed by atoms with Crippen molar-refractivity contribution >= 4 is 11.7 Å². The van der Waals surface area contributed by atoms with E-state index in [4.69, 9.17) is 9.84 Å². The minimum absolute atomic E-state index is 0.496. The van der Waals surface area contributed by atoms with E-state index in [-0.39, 0.29) is 0 Å². The smallest absolute Gasteiger partial charge is 0.311 e. The van der Waals surface area contributed by atoms with Crippen molar-refractivity contribution < 1.29 is 14.6 Å². The molecule has 0 aromatic heterocycles. The van der Waals surface area contributed by atoms with Gasteiger partial charge in [0.25, 0.3) is 0 Å². The molecule has 0 atom stereocenters. The first-order valence-electron chi connectivity index (χ1n) is 6.28. The van der Waals surface area contributed by atoms with Crippen molar-refractivity contribution in [3.8, 4) is 5.75 Å². The first kappa shape index (κ1) is 12.7. The molecule has 98 valence electrons. The molecule has 2 N–H and O–H groups in total. The fraction of sp³-hybridized carbons (Fsp3) is 0.500. The first-order chi connectivity index (χ1) is 8.57. The highest BCUT2D eigenvalue weighted by molar-refractivity contribution is 5.78. The van der Waals surface area contributed by atoms with Gasteiger partial charge < -0.3 is 15.2 Å². The number of aliphatic carboxylic acids is 1. The van der Waals surface area contributed by atoms with Crippen LogP contribution >= 0.6 is 0 Å². The minimum Gasteiger partial charge on any atom is -0.494 e. The number of rotatable bonds is 6. The van der Waals surface area contributed by atoms with E-state index in [2.05, 4.69) is 5.32 Å². The summed E-state index contributed by atoms with van der Waals surface area (Å²) in [4.78, 5) is 11.1. The lowest BCUT2D eigenvalue weighted by Crippen LogP contribution is -2.24. The van der Waals surface area contributed by atoms with Crippen LogP contribution < -0.4 is 10.1 Å². The molecule has 0 unspecified atom stereocenters. The molecule has 4 nitrogen and oxygen atoms in total. The molecule has 18 heavy (non-hydrogen) atoms. The van der Waals surface area contributed by atoms with E-state index in [1.807, 2.05) is 32.0 Å².